The Bertz CT molecular complexity index is 850. The van der Waals surface area contributed by atoms with Crippen molar-refractivity contribution in [2.24, 2.45) is 0 Å². The summed E-state index contributed by atoms with van der Waals surface area (Å²) in [5, 5.41) is 1.83. The van der Waals surface area contributed by atoms with Gasteiger partial charge in [-0.2, -0.15) is 4.31 Å². The standard InChI is InChI=1S/C16H19ClN2O7S/c1-10(14(20)18-16(22)25-2)26-15(21)12-9-11(5-6-13(12)17)27(23,24)19-7-3-4-8-19/h5-6,9-10H,3-4,7-8H2,1-2H3,(H,18,20,22)/t10-/m1/s1. The molecule has 1 aliphatic rings. The Morgan fingerprint density at radius 2 is 1.85 bits per heavy atom. The van der Waals surface area contributed by atoms with Crippen LogP contribution in [0.4, 0.5) is 4.79 Å². The Balaban J connectivity index is 2.19. The maximum atomic E-state index is 12.6. The van der Waals surface area contributed by atoms with E-state index in [-0.39, 0.29) is 15.5 Å². The van der Waals surface area contributed by atoms with Crippen LogP contribution in [0.2, 0.25) is 5.02 Å². The van der Waals surface area contributed by atoms with Gasteiger partial charge in [0.25, 0.3) is 5.91 Å². The molecule has 0 saturated carbocycles. The second kappa shape index (κ2) is 8.68. The lowest BCUT2D eigenvalue weighted by Crippen LogP contribution is -2.39. The lowest BCUT2D eigenvalue weighted by molar-refractivity contribution is -0.128. The van der Waals surface area contributed by atoms with E-state index in [1.807, 2.05) is 5.32 Å². The first kappa shape index (κ1) is 21.1. The summed E-state index contributed by atoms with van der Waals surface area (Å²) in [6.45, 7) is 2.07. The minimum Gasteiger partial charge on any atom is -0.453 e. The van der Waals surface area contributed by atoms with Gasteiger partial charge in [-0.3, -0.25) is 10.1 Å². The van der Waals surface area contributed by atoms with Crippen molar-refractivity contribution < 1.29 is 32.3 Å². The smallest absolute Gasteiger partial charge is 0.413 e. The van der Waals surface area contributed by atoms with E-state index in [4.69, 9.17) is 16.3 Å². The van der Waals surface area contributed by atoms with Gasteiger partial charge in [0.1, 0.15) is 0 Å². The summed E-state index contributed by atoms with van der Waals surface area (Å²) in [7, 11) is -2.67. The maximum Gasteiger partial charge on any atom is 0.413 e. The topological polar surface area (TPSA) is 119 Å². The molecule has 0 bridgehead atoms. The zero-order valence-electron chi connectivity index (χ0n) is 14.7. The normalized spacial score (nSPS) is 15.8. The van der Waals surface area contributed by atoms with E-state index in [0.29, 0.717) is 13.1 Å². The average Bonchev–Trinajstić information content (AvgIpc) is 3.17. The second-order valence-corrected chi connectivity index (χ2v) is 8.13. The van der Waals surface area contributed by atoms with Gasteiger partial charge in [0, 0.05) is 13.1 Å². The number of rotatable bonds is 5. The summed E-state index contributed by atoms with van der Waals surface area (Å²) in [5.41, 5.74) is -0.199. The molecule has 1 saturated heterocycles. The quantitative estimate of drug-likeness (QED) is 0.720. The predicted molar refractivity (Wildman–Crippen MR) is 94.9 cm³/mol. The maximum absolute atomic E-state index is 12.6. The Kier molecular flexibility index (Phi) is 6.79. The fraction of sp³-hybridized carbons (Fsp3) is 0.438. The molecule has 1 heterocycles. The summed E-state index contributed by atoms with van der Waals surface area (Å²) in [6, 6.07) is 3.70. The van der Waals surface area contributed by atoms with Gasteiger partial charge in [0.15, 0.2) is 6.10 Å². The van der Waals surface area contributed by atoms with Crippen molar-refractivity contribution in [3.63, 3.8) is 0 Å². The highest BCUT2D eigenvalue weighted by atomic mass is 35.5. The van der Waals surface area contributed by atoms with E-state index in [2.05, 4.69) is 4.74 Å². The van der Waals surface area contributed by atoms with Gasteiger partial charge in [-0.15, -0.1) is 0 Å². The van der Waals surface area contributed by atoms with Crippen molar-refractivity contribution in [2.75, 3.05) is 20.2 Å². The first-order valence-corrected chi connectivity index (χ1v) is 9.88. The number of hydrogen-bond donors (Lipinski definition) is 1. The van der Waals surface area contributed by atoms with E-state index < -0.39 is 34.1 Å². The van der Waals surface area contributed by atoms with Gasteiger partial charge in [-0.25, -0.2) is 18.0 Å². The molecule has 1 atom stereocenters. The third kappa shape index (κ3) is 4.96. The van der Waals surface area contributed by atoms with Crippen molar-refractivity contribution in [1.82, 2.24) is 9.62 Å². The summed E-state index contributed by atoms with van der Waals surface area (Å²) >= 11 is 5.99. The van der Waals surface area contributed by atoms with Crippen LogP contribution in [0.25, 0.3) is 0 Å². The predicted octanol–water partition coefficient (Wildman–Crippen LogP) is 1.55. The molecular formula is C16H19ClN2O7S. The fourth-order valence-electron chi connectivity index (χ4n) is 2.43. The molecule has 27 heavy (non-hydrogen) atoms. The van der Waals surface area contributed by atoms with E-state index in [1.165, 1.54) is 23.4 Å². The number of benzene rings is 1. The Morgan fingerprint density at radius 3 is 2.44 bits per heavy atom. The number of imide groups is 1. The number of carbonyl (C=O) groups excluding carboxylic acids is 3. The Morgan fingerprint density at radius 1 is 1.22 bits per heavy atom. The zero-order chi connectivity index (χ0) is 20.2. The van der Waals surface area contributed by atoms with Crippen LogP contribution in [0.1, 0.15) is 30.1 Å². The van der Waals surface area contributed by atoms with Crippen LogP contribution in [0.3, 0.4) is 0 Å². The monoisotopic (exact) mass is 418 g/mol. The van der Waals surface area contributed by atoms with Crippen LogP contribution >= 0.6 is 11.6 Å². The third-order valence-corrected chi connectivity index (χ3v) is 6.15. The molecule has 2 rings (SSSR count). The molecule has 1 fully saturated rings. The number of methoxy groups -OCH3 is 1. The van der Waals surface area contributed by atoms with Crippen LogP contribution in [-0.2, 0) is 24.3 Å². The van der Waals surface area contributed by atoms with E-state index in [9.17, 15) is 22.8 Å². The molecule has 0 aromatic heterocycles. The van der Waals surface area contributed by atoms with Crippen LogP contribution < -0.4 is 5.32 Å². The van der Waals surface area contributed by atoms with Crippen molar-refractivity contribution in [3.8, 4) is 0 Å². The second-order valence-electron chi connectivity index (χ2n) is 5.78. The highest BCUT2D eigenvalue weighted by Gasteiger charge is 2.29. The molecule has 2 amide bonds. The molecule has 0 unspecified atom stereocenters. The number of alkyl carbamates (subject to hydrolysis) is 1. The fourth-order valence-corrected chi connectivity index (χ4v) is 4.17. The Hall–Kier alpha value is -2.17. The average molecular weight is 419 g/mol. The van der Waals surface area contributed by atoms with Crippen molar-refractivity contribution in [1.29, 1.82) is 0 Å². The molecule has 1 aromatic carbocycles. The zero-order valence-corrected chi connectivity index (χ0v) is 16.3. The van der Waals surface area contributed by atoms with Crippen molar-refractivity contribution in [2.45, 2.75) is 30.8 Å². The molecule has 0 radical (unpaired) electrons. The number of hydrogen-bond acceptors (Lipinski definition) is 7. The number of amides is 2. The number of halogens is 1. The summed E-state index contributed by atoms with van der Waals surface area (Å²) < 4.78 is 35.8. The molecule has 1 N–H and O–H groups in total. The summed E-state index contributed by atoms with van der Waals surface area (Å²) in [5.74, 6) is -1.89. The van der Waals surface area contributed by atoms with Gasteiger partial charge in [-0.1, -0.05) is 11.6 Å². The molecule has 0 aliphatic carbocycles. The van der Waals surface area contributed by atoms with E-state index in [0.717, 1.165) is 26.0 Å². The first-order chi connectivity index (χ1) is 12.7. The SMILES string of the molecule is COC(=O)NC(=O)[C@@H](C)OC(=O)c1cc(S(=O)(=O)N2CCCC2)ccc1Cl. The number of ether oxygens (including phenoxy) is 2. The van der Waals surface area contributed by atoms with Crippen molar-refractivity contribution >= 4 is 39.6 Å². The lowest BCUT2D eigenvalue weighted by Gasteiger charge is -2.17. The summed E-state index contributed by atoms with van der Waals surface area (Å²) in [4.78, 5) is 35.0. The molecule has 9 nitrogen and oxygen atoms in total. The van der Waals surface area contributed by atoms with Gasteiger partial charge >= 0.3 is 12.1 Å². The highest BCUT2D eigenvalue weighted by Crippen LogP contribution is 2.26. The van der Waals surface area contributed by atoms with E-state index >= 15 is 0 Å². The molecular weight excluding hydrogens is 400 g/mol. The van der Waals surface area contributed by atoms with Crippen LogP contribution in [0.15, 0.2) is 23.1 Å². The number of nitrogens with one attached hydrogen (secondary N) is 1. The van der Waals surface area contributed by atoms with Gasteiger partial charge < -0.3 is 9.47 Å². The third-order valence-electron chi connectivity index (χ3n) is 3.92. The van der Waals surface area contributed by atoms with Crippen LogP contribution in [0, 0.1) is 0 Å². The first-order valence-electron chi connectivity index (χ1n) is 8.06. The molecule has 1 aromatic rings. The molecule has 11 heteroatoms. The summed E-state index contributed by atoms with van der Waals surface area (Å²) in [6.07, 6.45) is -0.783. The minimum absolute atomic E-state index is 0.0269. The molecule has 1 aliphatic heterocycles. The molecule has 148 valence electrons. The van der Waals surface area contributed by atoms with Crippen LogP contribution in [-0.4, -0.2) is 57.0 Å². The van der Waals surface area contributed by atoms with Crippen molar-refractivity contribution in [3.05, 3.63) is 28.8 Å². The Labute approximate surface area is 161 Å². The number of esters is 1. The largest absolute Gasteiger partial charge is 0.453 e. The minimum atomic E-state index is -3.75. The number of carbonyl (C=O) groups is 3. The van der Waals surface area contributed by atoms with Crippen LogP contribution in [0.5, 0.6) is 0 Å². The highest BCUT2D eigenvalue weighted by molar-refractivity contribution is 7.89. The number of sulfonamides is 1. The van der Waals surface area contributed by atoms with Gasteiger partial charge in [-0.05, 0) is 38.0 Å². The number of nitrogens with zero attached hydrogens (tertiary/aromatic N) is 1. The van der Waals surface area contributed by atoms with Gasteiger partial charge in [0.2, 0.25) is 10.0 Å². The molecule has 0 spiro atoms. The lowest BCUT2D eigenvalue weighted by atomic mass is 10.2. The van der Waals surface area contributed by atoms with E-state index in [1.54, 1.807) is 0 Å². The van der Waals surface area contributed by atoms with Gasteiger partial charge in [0.05, 0.1) is 22.6 Å².